The highest BCUT2D eigenvalue weighted by Crippen LogP contribution is 2.27. The average Bonchev–Trinajstić information content (AvgIpc) is 3.09. The third kappa shape index (κ3) is 4.04. The molecule has 1 saturated carbocycles. The second-order valence-electron chi connectivity index (χ2n) is 5.62. The Labute approximate surface area is 100 Å². The summed E-state index contributed by atoms with van der Waals surface area (Å²) < 4.78 is 0. The van der Waals surface area contributed by atoms with E-state index in [9.17, 15) is 0 Å². The second-order valence-corrected chi connectivity index (χ2v) is 5.62. The Morgan fingerprint density at radius 3 is 2.38 bits per heavy atom. The topological polar surface area (TPSA) is 18.5 Å². The molecule has 1 N–H and O–H groups in total. The van der Waals surface area contributed by atoms with E-state index in [1.54, 1.807) is 0 Å². The molecule has 2 aliphatic rings. The maximum atomic E-state index is 3.57. The van der Waals surface area contributed by atoms with Crippen LogP contribution in [0.1, 0.15) is 26.7 Å². The van der Waals surface area contributed by atoms with Gasteiger partial charge in [-0.3, -0.25) is 9.80 Å². The highest BCUT2D eigenvalue weighted by Gasteiger charge is 2.21. The summed E-state index contributed by atoms with van der Waals surface area (Å²) >= 11 is 0. The Morgan fingerprint density at radius 1 is 1.12 bits per heavy atom. The van der Waals surface area contributed by atoms with Crippen LogP contribution in [0.4, 0.5) is 0 Å². The van der Waals surface area contributed by atoms with Gasteiger partial charge in [0.25, 0.3) is 0 Å². The van der Waals surface area contributed by atoms with Crippen LogP contribution >= 0.6 is 0 Å². The molecule has 94 valence electrons. The van der Waals surface area contributed by atoms with Crippen LogP contribution in [-0.4, -0.2) is 61.7 Å². The molecule has 3 heteroatoms. The highest BCUT2D eigenvalue weighted by atomic mass is 15.3. The fourth-order valence-electron chi connectivity index (χ4n) is 2.37. The first-order valence-corrected chi connectivity index (χ1v) is 6.93. The van der Waals surface area contributed by atoms with E-state index >= 15 is 0 Å². The Morgan fingerprint density at radius 2 is 1.81 bits per heavy atom. The lowest BCUT2D eigenvalue weighted by molar-refractivity contribution is 0.109. The number of piperazine rings is 1. The molecule has 0 atom stereocenters. The summed E-state index contributed by atoms with van der Waals surface area (Å²) in [6, 6.07) is 0.718. The number of hydrogen-bond donors (Lipinski definition) is 1. The van der Waals surface area contributed by atoms with Crippen LogP contribution in [0.3, 0.4) is 0 Å². The van der Waals surface area contributed by atoms with Crippen LogP contribution in [0.25, 0.3) is 0 Å². The number of nitrogens with one attached hydrogen (secondary N) is 1. The molecule has 2 rings (SSSR count). The fourth-order valence-corrected chi connectivity index (χ4v) is 2.37. The predicted molar refractivity (Wildman–Crippen MR) is 68.7 cm³/mol. The largest absolute Gasteiger partial charge is 0.315 e. The standard InChI is InChI=1S/C13H27N3/c1-12(2)16-9-7-15(8-10-16)6-5-14-11-13-3-4-13/h12-14H,3-11H2,1-2H3. The molecule has 16 heavy (non-hydrogen) atoms. The molecule has 0 unspecified atom stereocenters. The zero-order chi connectivity index (χ0) is 11.4. The SMILES string of the molecule is CC(C)N1CCN(CCNCC2CC2)CC1. The predicted octanol–water partition coefficient (Wildman–Crippen LogP) is 1.01. The Balaban J connectivity index is 1.50. The van der Waals surface area contributed by atoms with Crippen molar-refractivity contribution in [3.8, 4) is 0 Å². The molecule has 0 aromatic carbocycles. The molecule has 0 bridgehead atoms. The lowest BCUT2D eigenvalue weighted by Crippen LogP contribution is -2.50. The molecule has 0 radical (unpaired) electrons. The van der Waals surface area contributed by atoms with Gasteiger partial charge in [-0.1, -0.05) is 0 Å². The summed E-state index contributed by atoms with van der Waals surface area (Å²) in [5.41, 5.74) is 0. The van der Waals surface area contributed by atoms with Crippen molar-refractivity contribution in [2.24, 2.45) is 5.92 Å². The molecule has 0 aromatic heterocycles. The zero-order valence-corrected chi connectivity index (χ0v) is 10.9. The fraction of sp³-hybridized carbons (Fsp3) is 1.00. The van der Waals surface area contributed by atoms with Gasteiger partial charge in [-0.25, -0.2) is 0 Å². The maximum Gasteiger partial charge on any atom is 0.0113 e. The molecule has 0 spiro atoms. The first-order chi connectivity index (χ1) is 7.75. The summed E-state index contributed by atoms with van der Waals surface area (Å²) in [5.74, 6) is 1.01. The van der Waals surface area contributed by atoms with Crippen molar-refractivity contribution >= 4 is 0 Å². The van der Waals surface area contributed by atoms with Gasteiger partial charge < -0.3 is 5.32 Å². The summed E-state index contributed by atoms with van der Waals surface area (Å²) in [4.78, 5) is 5.17. The third-order valence-electron chi connectivity index (χ3n) is 3.87. The summed E-state index contributed by atoms with van der Waals surface area (Å²) in [5, 5.41) is 3.57. The molecule has 0 aromatic rings. The summed E-state index contributed by atoms with van der Waals surface area (Å²) in [6.07, 6.45) is 2.92. The summed E-state index contributed by atoms with van der Waals surface area (Å²) in [7, 11) is 0. The smallest absolute Gasteiger partial charge is 0.0113 e. The van der Waals surface area contributed by atoms with E-state index in [-0.39, 0.29) is 0 Å². The van der Waals surface area contributed by atoms with Gasteiger partial charge in [0.1, 0.15) is 0 Å². The molecule has 3 nitrogen and oxygen atoms in total. The first kappa shape index (κ1) is 12.3. The quantitative estimate of drug-likeness (QED) is 0.681. The van der Waals surface area contributed by atoms with Gasteiger partial charge in [0, 0.05) is 45.3 Å². The molecule has 1 aliphatic heterocycles. The van der Waals surface area contributed by atoms with Crippen LogP contribution < -0.4 is 5.32 Å². The first-order valence-electron chi connectivity index (χ1n) is 6.93. The van der Waals surface area contributed by atoms with Gasteiger partial charge in [-0.2, -0.15) is 0 Å². The lowest BCUT2D eigenvalue weighted by atomic mass is 10.2. The van der Waals surface area contributed by atoms with Crippen LogP contribution in [0, 0.1) is 5.92 Å². The van der Waals surface area contributed by atoms with Crippen molar-refractivity contribution in [3.63, 3.8) is 0 Å². The van der Waals surface area contributed by atoms with E-state index in [0.717, 1.165) is 12.0 Å². The van der Waals surface area contributed by atoms with Gasteiger partial charge in [-0.05, 0) is 39.2 Å². The van der Waals surface area contributed by atoms with Crippen molar-refractivity contribution in [3.05, 3.63) is 0 Å². The van der Waals surface area contributed by atoms with E-state index in [1.165, 1.54) is 58.7 Å². The van der Waals surface area contributed by atoms with Crippen molar-refractivity contribution < 1.29 is 0 Å². The minimum atomic E-state index is 0.718. The lowest BCUT2D eigenvalue weighted by Gasteiger charge is -2.36. The van der Waals surface area contributed by atoms with Crippen LogP contribution in [0.5, 0.6) is 0 Å². The van der Waals surface area contributed by atoms with Crippen molar-refractivity contribution in [2.45, 2.75) is 32.7 Å². The molecular formula is C13H27N3. The minimum Gasteiger partial charge on any atom is -0.315 e. The van der Waals surface area contributed by atoms with Gasteiger partial charge in [-0.15, -0.1) is 0 Å². The van der Waals surface area contributed by atoms with Gasteiger partial charge >= 0.3 is 0 Å². The van der Waals surface area contributed by atoms with Crippen molar-refractivity contribution in [2.75, 3.05) is 45.8 Å². The normalized spacial score (nSPS) is 24.2. The van der Waals surface area contributed by atoms with Gasteiger partial charge in [0.05, 0.1) is 0 Å². The monoisotopic (exact) mass is 225 g/mol. The third-order valence-corrected chi connectivity index (χ3v) is 3.87. The van der Waals surface area contributed by atoms with Gasteiger partial charge in [0.15, 0.2) is 0 Å². The van der Waals surface area contributed by atoms with E-state index < -0.39 is 0 Å². The second kappa shape index (κ2) is 5.99. The Bertz CT molecular complexity index is 193. The molecule has 2 fully saturated rings. The summed E-state index contributed by atoms with van der Waals surface area (Å²) in [6.45, 7) is 13.3. The zero-order valence-electron chi connectivity index (χ0n) is 10.9. The Hall–Kier alpha value is -0.120. The molecular weight excluding hydrogens is 198 g/mol. The molecule has 1 aliphatic carbocycles. The van der Waals surface area contributed by atoms with Crippen molar-refractivity contribution in [1.29, 1.82) is 0 Å². The van der Waals surface area contributed by atoms with E-state index in [2.05, 4.69) is 29.0 Å². The van der Waals surface area contributed by atoms with Crippen LogP contribution in [-0.2, 0) is 0 Å². The molecule has 0 amide bonds. The Kier molecular flexibility index (Phi) is 4.62. The highest BCUT2D eigenvalue weighted by molar-refractivity contribution is 4.77. The number of rotatable bonds is 6. The molecule has 1 saturated heterocycles. The van der Waals surface area contributed by atoms with Crippen LogP contribution in [0.2, 0.25) is 0 Å². The minimum absolute atomic E-state index is 0.718. The van der Waals surface area contributed by atoms with Gasteiger partial charge in [0.2, 0.25) is 0 Å². The van der Waals surface area contributed by atoms with E-state index in [4.69, 9.17) is 0 Å². The van der Waals surface area contributed by atoms with Crippen LogP contribution in [0.15, 0.2) is 0 Å². The van der Waals surface area contributed by atoms with E-state index in [0.29, 0.717) is 0 Å². The number of hydrogen-bond acceptors (Lipinski definition) is 3. The average molecular weight is 225 g/mol. The maximum absolute atomic E-state index is 3.57. The van der Waals surface area contributed by atoms with E-state index in [1.807, 2.05) is 0 Å². The van der Waals surface area contributed by atoms with Crippen molar-refractivity contribution in [1.82, 2.24) is 15.1 Å². The number of nitrogens with zero attached hydrogens (tertiary/aromatic N) is 2. The molecule has 1 heterocycles.